The van der Waals surface area contributed by atoms with Gasteiger partial charge in [0.2, 0.25) is 11.0 Å². The zero-order valence-electron chi connectivity index (χ0n) is 15.9. The van der Waals surface area contributed by atoms with Crippen LogP contribution in [0.4, 0.5) is 10.8 Å². The molecule has 152 valence electrons. The SMILES string of the molecule is CCCCCc1nnc(NC(=O)Cc2ccc(NC(=O)c3ccc(Br)o3)cc2)s1. The van der Waals surface area contributed by atoms with Crippen LogP contribution in [0.1, 0.15) is 47.3 Å². The fourth-order valence-electron chi connectivity index (χ4n) is 2.62. The number of nitrogens with one attached hydrogen (secondary N) is 2. The number of rotatable bonds is 9. The molecule has 2 heterocycles. The maximum Gasteiger partial charge on any atom is 0.291 e. The number of hydrogen-bond donors (Lipinski definition) is 2. The minimum Gasteiger partial charge on any atom is -0.444 e. The Labute approximate surface area is 181 Å². The summed E-state index contributed by atoms with van der Waals surface area (Å²) in [6.45, 7) is 2.16. The molecule has 3 rings (SSSR count). The third-order valence-electron chi connectivity index (χ3n) is 4.08. The number of anilines is 2. The Kier molecular flexibility index (Phi) is 7.54. The molecule has 3 aromatic rings. The number of unbranched alkanes of at least 4 members (excludes halogenated alkanes) is 2. The summed E-state index contributed by atoms with van der Waals surface area (Å²) in [5.74, 6) is -0.280. The number of halogens is 1. The van der Waals surface area contributed by atoms with Gasteiger partial charge in [0.1, 0.15) is 5.01 Å². The van der Waals surface area contributed by atoms with Crippen LogP contribution in [0.2, 0.25) is 0 Å². The van der Waals surface area contributed by atoms with Gasteiger partial charge in [0, 0.05) is 12.1 Å². The van der Waals surface area contributed by atoms with E-state index in [1.54, 1.807) is 36.4 Å². The summed E-state index contributed by atoms with van der Waals surface area (Å²) in [7, 11) is 0. The normalized spacial score (nSPS) is 10.7. The Morgan fingerprint density at radius 2 is 1.86 bits per heavy atom. The van der Waals surface area contributed by atoms with Gasteiger partial charge in [-0.25, -0.2) is 0 Å². The van der Waals surface area contributed by atoms with Crippen molar-refractivity contribution >= 4 is 49.9 Å². The van der Waals surface area contributed by atoms with Crippen molar-refractivity contribution in [3.05, 3.63) is 57.4 Å². The van der Waals surface area contributed by atoms with Crippen molar-refractivity contribution in [2.75, 3.05) is 10.6 Å². The number of nitrogens with zero attached hydrogens (tertiary/aromatic N) is 2. The molecule has 1 aromatic carbocycles. The van der Waals surface area contributed by atoms with E-state index in [0.717, 1.165) is 36.3 Å². The fraction of sp³-hybridized carbons (Fsp3) is 0.300. The molecule has 9 heteroatoms. The summed E-state index contributed by atoms with van der Waals surface area (Å²) in [6, 6.07) is 10.3. The van der Waals surface area contributed by atoms with Gasteiger partial charge in [-0.05, 0) is 52.2 Å². The van der Waals surface area contributed by atoms with E-state index < -0.39 is 0 Å². The standard InChI is InChI=1S/C20H21BrN4O3S/c1-2-3-4-5-18-24-25-20(29-18)23-17(26)12-13-6-8-14(9-7-13)22-19(27)15-10-11-16(21)28-15/h6-11H,2-5,12H2,1H3,(H,22,27)(H,23,25,26). The summed E-state index contributed by atoms with van der Waals surface area (Å²) >= 11 is 4.58. The van der Waals surface area contributed by atoms with Crippen molar-refractivity contribution in [1.82, 2.24) is 10.2 Å². The lowest BCUT2D eigenvalue weighted by Crippen LogP contribution is -2.14. The third kappa shape index (κ3) is 6.50. The second kappa shape index (κ2) is 10.3. The zero-order chi connectivity index (χ0) is 20.6. The van der Waals surface area contributed by atoms with Gasteiger partial charge in [-0.15, -0.1) is 10.2 Å². The number of carbonyl (C=O) groups excluding carboxylic acids is 2. The van der Waals surface area contributed by atoms with Gasteiger partial charge in [0.25, 0.3) is 5.91 Å². The van der Waals surface area contributed by atoms with Crippen molar-refractivity contribution in [2.24, 2.45) is 0 Å². The van der Waals surface area contributed by atoms with Gasteiger partial charge in [-0.3, -0.25) is 9.59 Å². The Morgan fingerprint density at radius 3 is 2.55 bits per heavy atom. The molecule has 0 aliphatic carbocycles. The molecule has 2 aromatic heterocycles. The van der Waals surface area contributed by atoms with E-state index in [1.165, 1.54) is 11.3 Å². The predicted octanol–water partition coefficient (Wildman–Crippen LogP) is 5.06. The van der Waals surface area contributed by atoms with Gasteiger partial charge in [-0.2, -0.15) is 0 Å². The molecule has 2 N–H and O–H groups in total. The van der Waals surface area contributed by atoms with Crippen LogP contribution in [0, 0.1) is 0 Å². The van der Waals surface area contributed by atoms with Crippen LogP contribution in [0.25, 0.3) is 0 Å². The average Bonchev–Trinajstić information content (AvgIpc) is 3.32. The number of furan rings is 1. The summed E-state index contributed by atoms with van der Waals surface area (Å²) in [6.07, 6.45) is 4.51. The van der Waals surface area contributed by atoms with E-state index >= 15 is 0 Å². The second-order valence-electron chi connectivity index (χ2n) is 6.44. The largest absolute Gasteiger partial charge is 0.444 e. The predicted molar refractivity (Wildman–Crippen MR) is 116 cm³/mol. The van der Waals surface area contributed by atoms with Crippen LogP contribution < -0.4 is 10.6 Å². The van der Waals surface area contributed by atoms with Gasteiger partial charge in [-0.1, -0.05) is 43.2 Å². The van der Waals surface area contributed by atoms with E-state index in [9.17, 15) is 9.59 Å². The topological polar surface area (TPSA) is 97.1 Å². The van der Waals surface area contributed by atoms with Crippen LogP contribution in [0.3, 0.4) is 0 Å². The van der Waals surface area contributed by atoms with Crippen LogP contribution in [0.5, 0.6) is 0 Å². The molecule has 0 saturated heterocycles. The molecular weight excluding hydrogens is 456 g/mol. The highest BCUT2D eigenvalue weighted by molar-refractivity contribution is 9.10. The summed E-state index contributed by atoms with van der Waals surface area (Å²) in [5, 5.41) is 15.1. The molecular formula is C20H21BrN4O3S. The van der Waals surface area contributed by atoms with E-state index in [-0.39, 0.29) is 24.0 Å². The molecule has 0 spiro atoms. The number of amides is 2. The summed E-state index contributed by atoms with van der Waals surface area (Å²) < 4.78 is 5.71. The van der Waals surface area contributed by atoms with Crippen LogP contribution in [-0.4, -0.2) is 22.0 Å². The molecule has 7 nitrogen and oxygen atoms in total. The number of aromatic nitrogens is 2. The Bertz CT molecular complexity index is 968. The minimum absolute atomic E-state index is 0.154. The number of hydrogen-bond acceptors (Lipinski definition) is 6. The zero-order valence-corrected chi connectivity index (χ0v) is 18.3. The molecule has 0 radical (unpaired) electrons. The first-order chi connectivity index (χ1) is 14.0. The van der Waals surface area contributed by atoms with Gasteiger partial charge in [0.15, 0.2) is 10.4 Å². The Hall–Kier alpha value is -2.52. The van der Waals surface area contributed by atoms with Crippen LogP contribution >= 0.6 is 27.3 Å². The monoisotopic (exact) mass is 476 g/mol. The summed E-state index contributed by atoms with van der Waals surface area (Å²) in [5.41, 5.74) is 1.45. The Morgan fingerprint density at radius 1 is 1.07 bits per heavy atom. The molecule has 2 amide bonds. The molecule has 0 atom stereocenters. The molecule has 29 heavy (non-hydrogen) atoms. The van der Waals surface area contributed by atoms with Crippen molar-refractivity contribution in [1.29, 1.82) is 0 Å². The molecule has 0 fully saturated rings. The summed E-state index contributed by atoms with van der Waals surface area (Å²) in [4.78, 5) is 24.3. The first-order valence-electron chi connectivity index (χ1n) is 9.31. The lowest BCUT2D eigenvalue weighted by atomic mass is 10.1. The number of aryl methyl sites for hydroxylation is 1. The van der Waals surface area contributed by atoms with Gasteiger partial charge >= 0.3 is 0 Å². The first-order valence-corrected chi connectivity index (χ1v) is 10.9. The van der Waals surface area contributed by atoms with Crippen molar-refractivity contribution < 1.29 is 14.0 Å². The minimum atomic E-state index is -0.341. The van der Waals surface area contributed by atoms with Crippen molar-refractivity contribution in [3.63, 3.8) is 0 Å². The molecule has 0 aliphatic heterocycles. The number of benzene rings is 1. The highest BCUT2D eigenvalue weighted by Gasteiger charge is 2.12. The fourth-order valence-corrected chi connectivity index (χ4v) is 3.72. The smallest absolute Gasteiger partial charge is 0.291 e. The van der Waals surface area contributed by atoms with Gasteiger partial charge < -0.3 is 15.1 Å². The van der Waals surface area contributed by atoms with Crippen molar-refractivity contribution in [3.8, 4) is 0 Å². The average molecular weight is 477 g/mol. The lowest BCUT2D eigenvalue weighted by Gasteiger charge is -2.05. The molecule has 0 aliphatic rings. The maximum absolute atomic E-state index is 12.2. The molecule has 0 saturated carbocycles. The Balaban J connectivity index is 1.49. The van der Waals surface area contributed by atoms with Crippen molar-refractivity contribution in [2.45, 2.75) is 39.0 Å². The van der Waals surface area contributed by atoms with E-state index in [2.05, 4.69) is 43.7 Å². The molecule has 0 unspecified atom stereocenters. The van der Waals surface area contributed by atoms with E-state index in [1.807, 2.05) is 0 Å². The highest BCUT2D eigenvalue weighted by atomic mass is 79.9. The molecule has 0 bridgehead atoms. The van der Waals surface area contributed by atoms with Crippen LogP contribution in [-0.2, 0) is 17.6 Å². The van der Waals surface area contributed by atoms with Gasteiger partial charge in [0.05, 0.1) is 6.42 Å². The highest BCUT2D eigenvalue weighted by Crippen LogP contribution is 2.19. The van der Waals surface area contributed by atoms with E-state index in [4.69, 9.17) is 4.42 Å². The van der Waals surface area contributed by atoms with E-state index in [0.29, 0.717) is 15.5 Å². The third-order valence-corrected chi connectivity index (χ3v) is 5.41. The quantitative estimate of drug-likeness (QED) is 0.420. The maximum atomic E-state index is 12.2. The van der Waals surface area contributed by atoms with Crippen LogP contribution in [0.15, 0.2) is 45.5 Å². The number of carbonyl (C=O) groups is 2. The second-order valence-corrected chi connectivity index (χ2v) is 8.28. The lowest BCUT2D eigenvalue weighted by molar-refractivity contribution is -0.115. The first kappa shape index (κ1) is 21.2.